The molecule has 1 aliphatic heterocycles. The molecule has 0 unspecified atom stereocenters. The molecule has 1 aliphatic rings. The van der Waals surface area contributed by atoms with Crippen LogP contribution in [0, 0.1) is 0 Å². The summed E-state index contributed by atoms with van der Waals surface area (Å²) < 4.78 is 0. The number of aliphatic imine (C=N–C) groups is 1. The van der Waals surface area contributed by atoms with E-state index in [4.69, 9.17) is 16.6 Å². The summed E-state index contributed by atoms with van der Waals surface area (Å²) in [6.07, 6.45) is 0. The molecule has 4 aromatic rings. The van der Waals surface area contributed by atoms with Crippen LogP contribution in [0.3, 0.4) is 0 Å². The summed E-state index contributed by atoms with van der Waals surface area (Å²) in [6.45, 7) is 0. The Bertz CT molecular complexity index is 1120. The summed E-state index contributed by atoms with van der Waals surface area (Å²) >= 11 is 7.99. The first kappa shape index (κ1) is 19.9. The van der Waals surface area contributed by atoms with Crippen LogP contribution in [0.2, 0.25) is 5.02 Å². The highest BCUT2D eigenvalue weighted by Gasteiger charge is 2.37. The van der Waals surface area contributed by atoms with Crippen molar-refractivity contribution in [1.29, 1.82) is 0 Å². The highest BCUT2D eigenvalue weighted by Crippen LogP contribution is 2.46. The van der Waals surface area contributed by atoms with Gasteiger partial charge in [-0.15, -0.1) is 0 Å². The van der Waals surface area contributed by atoms with Gasteiger partial charge < -0.3 is 4.90 Å². The molecule has 2 atom stereocenters. The predicted octanol–water partition coefficient (Wildman–Crippen LogP) is 7.74. The minimum atomic E-state index is -0.0297. The SMILES string of the molecule is Clc1ccc([C@H]2N=C(c3ccccc3)S[C@@H]2N(c2ccccc2)c2ccccc2)cc1. The van der Waals surface area contributed by atoms with Crippen LogP contribution < -0.4 is 4.90 Å². The Balaban J connectivity index is 1.62. The Kier molecular flexibility index (Phi) is 5.79. The lowest BCUT2D eigenvalue weighted by Crippen LogP contribution is -2.31. The van der Waals surface area contributed by atoms with E-state index in [1.54, 1.807) is 0 Å². The molecule has 152 valence electrons. The van der Waals surface area contributed by atoms with Gasteiger partial charge in [0, 0.05) is 22.0 Å². The standard InChI is InChI=1S/C27H21ClN2S/c28-22-18-16-20(17-19-22)25-27(31-26(29-25)21-10-4-1-5-11-21)30(23-12-6-2-7-13-23)24-14-8-3-9-15-24/h1-19,25,27H/t25-,27+/m1/s1. The van der Waals surface area contributed by atoms with E-state index < -0.39 is 0 Å². The first-order valence-corrected chi connectivity index (χ1v) is 11.5. The Morgan fingerprint density at radius 3 is 1.71 bits per heavy atom. The van der Waals surface area contributed by atoms with Gasteiger partial charge in [-0.3, -0.25) is 4.99 Å². The zero-order chi connectivity index (χ0) is 21.0. The largest absolute Gasteiger partial charge is 0.326 e. The van der Waals surface area contributed by atoms with Gasteiger partial charge in [0.15, 0.2) is 0 Å². The van der Waals surface area contributed by atoms with Crippen molar-refractivity contribution in [2.24, 2.45) is 4.99 Å². The van der Waals surface area contributed by atoms with Gasteiger partial charge in [-0.2, -0.15) is 0 Å². The minimum Gasteiger partial charge on any atom is -0.326 e. The number of hydrogen-bond donors (Lipinski definition) is 0. The molecule has 0 bridgehead atoms. The molecular weight excluding hydrogens is 420 g/mol. The Morgan fingerprint density at radius 2 is 1.16 bits per heavy atom. The lowest BCUT2D eigenvalue weighted by Gasteiger charge is -2.33. The summed E-state index contributed by atoms with van der Waals surface area (Å²) in [5.41, 5.74) is 4.60. The molecule has 0 amide bonds. The van der Waals surface area contributed by atoms with E-state index in [2.05, 4.69) is 102 Å². The van der Waals surface area contributed by atoms with Crippen molar-refractivity contribution in [3.8, 4) is 0 Å². The molecule has 1 heterocycles. The monoisotopic (exact) mass is 440 g/mol. The van der Waals surface area contributed by atoms with Gasteiger partial charge in [-0.25, -0.2) is 0 Å². The van der Waals surface area contributed by atoms with E-state index in [0.29, 0.717) is 0 Å². The van der Waals surface area contributed by atoms with E-state index >= 15 is 0 Å². The van der Waals surface area contributed by atoms with Crippen LogP contribution in [0.1, 0.15) is 17.2 Å². The fourth-order valence-corrected chi connectivity index (χ4v) is 5.33. The molecule has 5 rings (SSSR count). The quantitative estimate of drug-likeness (QED) is 0.315. The van der Waals surface area contributed by atoms with Crippen molar-refractivity contribution in [2.75, 3.05) is 4.90 Å². The molecule has 4 heteroatoms. The molecule has 0 saturated carbocycles. The topological polar surface area (TPSA) is 15.6 Å². The molecular formula is C27H21ClN2S. The van der Waals surface area contributed by atoms with Crippen molar-refractivity contribution in [3.63, 3.8) is 0 Å². The van der Waals surface area contributed by atoms with Crippen LogP contribution in [-0.2, 0) is 0 Å². The second-order valence-electron chi connectivity index (χ2n) is 7.35. The molecule has 4 aromatic carbocycles. The Labute approximate surface area is 192 Å². The zero-order valence-electron chi connectivity index (χ0n) is 16.8. The Morgan fingerprint density at radius 1 is 0.645 bits per heavy atom. The lowest BCUT2D eigenvalue weighted by molar-refractivity contribution is 0.694. The maximum absolute atomic E-state index is 6.18. The summed E-state index contributed by atoms with van der Waals surface area (Å²) in [4.78, 5) is 7.60. The molecule has 0 fully saturated rings. The molecule has 0 radical (unpaired) electrons. The fourth-order valence-electron chi connectivity index (χ4n) is 3.84. The number of hydrogen-bond acceptors (Lipinski definition) is 3. The zero-order valence-corrected chi connectivity index (χ0v) is 18.4. The van der Waals surface area contributed by atoms with Crippen molar-refractivity contribution < 1.29 is 0 Å². The highest BCUT2D eigenvalue weighted by atomic mass is 35.5. The van der Waals surface area contributed by atoms with E-state index in [-0.39, 0.29) is 11.4 Å². The van der Waals surface area contributed by atoms with Gasteiger partial charge >= 0.3 is 0 Å². The van der Waals surface area contributed by atoms with Crippen LogP contribution in [0.15, 0.2) is 120 Å². The van der Waals surface area contributed by atoms with E-state index in [1.807, 2.05) is 30.0 Å². The number of halogens is 1. The van der Waals surface area contributed by atoms with E-state index in [0.717, 1.165) is 32.6 Å². The molecule has 0 aromatic heterocycles. The van der Waals surface area contributed by atoms with Crippen molar-refractivity contribution in [2.45, 2.75) is 11.4 Å². The maximum atomic E-state index is 6.18. The van der Waals surface area contributed by atoms with Gasteiger partial charge in [0.1, 0.15) is 16.5 Å². The Hall–Kier alpha value is -3.01. The summed E-state index contributed by atoms with van der Waals surface area (Å²) in [6, 6.07) is 39.6. The van der Waals surface area contributed by atoms with Crippen LogP contribution in [-0.4, -0.2) is 10.4 Å². The fraction of sp³-hybridized carbons (Fsp3) is 0.0741. The van der Waals surface area contributed by atoms with Crippen molar-refractivity contribution in [3.05, 3.63) is 131 Å². The van der Waals surface area contributed by atoms with Crippen molar-refractivity contribution in [1.82, 2.24) is 0 Å². The predicted molar refractivity (Wildman–Crippen MR) is 134 cm³/mol. The van der Waals surface area contributed by atoms with E-state index in [1.165, 1.54) is 0 Å². The van der Waals surface area contributed by atoms with Gasteiger partial charge in [-0.05, 0) is 42.0 Å². The number of benzene rings is 4. The third-order valence-corrected chi connectivity index (χ3v) is 6.84. The smallest absolute Gasteiger partial charge is 0.112 e. The van der Waals surface area contributed by atoms with Crippen LogP contribution in [0.25, 0.3) is 0 Å². The van der Waals surface area contributed by atoms with Gasteiger partial charge in [0.05, 0.1) is 0 Å². The van der Waals surface area contributed by atoms with Gasteiger partial charge in [0.25, 0.3) is 0 Å². The summed E-state index contributed by atoms with van der Waals surface area (Å²) in [5.74, 6) is 0. The normalized spacial score (nSPS) is 17.9. The molecule has 0 saturated heterocycles. The lowest BCUT2D eigenvalue weighted by atomic mass is 10.1. The van der Waals surface area contributed by atoms with Crippen molar-refractivity contribution >= 4 is 39.8 Å². The van der Waals surface area contributed by atoms with Crippen LogP contribution in [0.5, 0.6) is 0 Å². The average Bonchev–Trinajstić information content (AvgIpc) is 3.27. The molecule has 0 N–H and O–H groups in total. The second kappa shape index (κ2) is 9.01. The third kappa shape index (κ3) is 4.25. The average molecular weight is 441 g/mol. The first-order chi connectivity index (χ1) is 15.3. The van der Waals surface area contributed by atoms with Crippen LogP contribution in [0.4, 0.5) is 11.4 Å². The molecule has 2 nitrogen and oxygen atoms in total. The third-order valence-electron chi connectivity index (χ3n) is 5.31. The summed E-state index contributed by atoms with van der Waals surface area (Å²) in [7, 11) is 0. The number of nitrogens with zero attached hydrogens (tertiary/aromatic N) is 2. The molecule has 31 heavy (non-hydrogen) atoms. The van der Waals surface area contributed by atoms with Crippen LogP contribution >= 0.6 is 23.4 Å². The number of rotatable bonds is 5. The minimum absolute atomic E-state index is 0.0297. The summed E-state index contributed by atoms with van der Waals surface area (Å²) in [5, 5.41) is 1.87. The second-order valence-corrected chi connectivity index (χ2v) is 8.89. The van der Waals surface area contributed by atoms with E-state index in [9.17, 15) is 0 Å². The molecule has 0 spiro atoms. The highest BCUT2D eigenvalue weighted by molar-refractivity contribution is 8.15. The number of para-hydroxylation sites is 2. The maximum Gasteiger partial charge on any atom is 0.112 e. The number of thioether (sulfide) groups is 1. The number of anilines is 2. The first-order valence-electron chi connectivity index (χ1n) is 10.2. The van der Waals surface area contributed by atoms with Gasteiger partial charge in [0.2, 0.25) is 0 Å². The molecule has 0 aliphatic carbocycles. The van der Waals surface area contributed by atoms with Gasteiger partial charge in [-0.1, -0.05) is 102 Å².